The molecule has 3 aliphatic heterocycles. The number of alkyl halides is 2. The lowest BCUT2D eigenvalue weighted by Crippen LogP contribution is -2.55. The summed E-state index contributed by atoms with van der Waals surface area (Å²) in [5.41, 5.74) is 3.73. The molecule has 12 heteroatoms. The number of aromatic amines is 1. The third-order valence-electron chi connectivity index (χ3n) is 8.39. The molecular weight excluding hydrogens is 602 g/mol. The van der Waals surface area contributed by atoms with Gasteiger partial charge in [0.2, 0.25) is 5.91 Å². The number of carbonyl (C=O) groups excluding carboxylic acids is 2. The fourth-order valence-electron chi connectivity index (χ4n) is 6.15. The SMILES string of the molecule is COc1c(Cl)cccc1Nc1c(-c2ccncc2C#C[C@@]2(C)CCCN2C(=O)/C=C/CN2CC(F)(F)C2)[nH]c2c1C(=O)NCC2. The van der Waals surface area contributed by atoms with Crippen LogP contribution in [-0.4, -0.2) is 82.9 Å². The number of benzene rings is 1. The van der Waals surface area contributed by atoms with E-state index in [1.807, 2.05) is 19.1 Å². The first-order valence-corrected chi connectivity index (χ1v) is 15.1. The van der Waals surface area contributed by atoms with Gasteiger partial charge >= 0.3 is 0 Å². The number of rotatable bonds is 7. The first-order valence-electron chi connectivity index (χ1n) is 14.8. The van der Waals surface area contributed by atoms with E-state index in [0.29, 0.717) is 71.4 Å². The molecule has 9 nitrogen and oxygen atoms in total. The van der Waals surface area contributed by atoms with E-state index in [2.05, 4.69) is 32.4 Å². The van der Waals surface area contributed by atoms with Crippen molar-refractivity contribution in [1.82, 2.24) is 25.1 Å². The zero-order chi connectivity index (χ0) is 31.8. The van der Waals surface area contributed by atoms with Gasteiger partial charge < -0.3 is 25.3 Å². The maximum Gasteiger partial charge on any atom is 0.272 e. The third-order valence-corrected chi connectivity index (χ3v) is 8.69. The smallest absolute Gasteiger partial charge is 0.272 e. The predicted molar refractivity (Wildman–Crippen MR) is 168 cm³/mol. The first-order chi connectivity index (χ1) is 21.6. The van der Waals surface area contributed by atoms with E-state index >= 15 is 0 Å². The van der Waals surface area contributed by atoms with Crippen LogP contribution < -0.4 is 15.4 Å². The number of nitrogens with one attached hydrogen (secondary N) is 3. The lowest BCUT2D eigenvalue weighted by Gasteiger charge is -2.37. The summed E-state index contributed by atoms with van der Waals surface area (Å²) < 4.78 is 31.8. The highest BCUT2D eigenvalue weighted by atomic mass is 35.5. The summed E-state index contributed by atoms with van der Waals surface area (Å²) in [6.45, 7) is 2.71. The fourth-order valence-corrected chi connectivity index (χ4v) is 6.40. The van der Waals surface area contributed by atoms with Crippen LogP contribution in [0.5, 0.6) is 5.75 Å². The van der Waals surface area contributed by atoms with Gasteiger partial charge in [0, 0.05) is 55.8 Å². The Balaban J connectivity index is 1.31. The quantitative estimate of drug-likeness (QED) is 0.250. The van der Waals surface area contributed by atoms with Crippen LogP contribution in [0.15, 0.2) is 48.8 Å². The predicted octanol–water partition coefficient (Wildman–Crippen LogP) is 5.01. The molecule has 45 heavy (non-hydrogen) atoms. The van der Waals surface area contributed by atoms with E-state index in [9.17, 15) is 18.4 Å². The lowest BCUT2D eigenvalue weighted by atomic mass is 9.97. The summed E-state index contributed by atoms with van der Waals surface area (Å²) in [6.07, 6.45) is 8.51. The van der Waals surface area contributed by atoms with Gasteiger partial charge in [0.15, 0.2) is 5.75 Å². The number of aromatic nitrogens is 2. The van der Waals surface area contributed by atoms with E-state index in [1.165, 1.54) is 13.2 Å². The number of para-hydroxylation sites is 1. The highest BCUT2D eigenvalue weighted by Gasteiger charge is 2.43. The maximum atomic E-state index is 13.1. The minimum atomic E-state index is -2.64. The molecule has 2 aromatic heterocycles. The van der Waals surface area contributed by atoms with Crippen LogP contribution in [0.2, 0.25) is 5.02 Å². The number of amides is 2. The van der Waals surface area contributed by atoms with Crippen LogP contribution in [0.3, 0.4) is 0 Å². The van der Waals surface area contributed by atoms with Crippen LogP contribution in [0.25, 0.3) is 11.3 Å². The van der Waals surface area contributed by atoms with Gasteiger partial charge in [-0.25, -0.2) is 8.78 Å². The molecule has 0 bridgehead atoms. The molecule has 3 aliphatic rings. The molecule has 234 valence electrons. The summed E-state index contributed by atoms with van der Waals surface area (Å²) in [5.74, 6) is 4.01. The molecule has 0 unspecified atom stereocenters. The van der Waals surface area contributed by atoms with E-state index in [4.69, 9.17) is 16.3 Å². The van der Waals surface area contributed by atoms with Gasteiger partial charge in [0.1, 0.15) is 5.54 Å². The van der Waals surface area contributed by atoms with E-state index in [-0.39, 0.29) is 24.9 Å². The monoisotopic (exact) mass is 634 g/mol. The second-order valence-electron chi connectivity index (χ2n) is 11.6. The third kappa shape index (κ3) is 6.13. The zero-order valence-electron chi connectivity index (χ0n) is 25.0. The Kier molecular flexibility index (Phi) is 8.29. The van der Waals surface area contributed by atoms with Crippen molar-refractivity contribution >= 4 is 34.8 Å². The number of anilines is 2. The Morgan fingerprint density at radius 2 is 2.11 bits per heavy atom. The molecule has 3 aromatic rings. The van der Waals surface area contributed by atoms with Crippen molar-refractivity contribution < 1.29 is 23.1 Å². The number of hydrogen-bond donors (Lipinski definition) is 3. The topological polar surface area (TPSA) is 103 Å². The van der Waals surface area contributed by atoms with E-state index < -0.39 is 11.5 Å². The molecule has 0 radical (unpaired) electrons. The number of ether oxygens (including phenoxy) is 1. The second kappa shape index (κ2) is 12.2. The van der Waals surface area contributed by atoms with Crippen molar-refractivity contribution in [1.29, 1.82) is 0 Å². The number of likely N-dealkylation sites (tertiary alicyclic amines) is 2. The molecular formula is C33H33ClF2N6O3. The molecule has 2 fully saturated rings. The highest BCUT2D eigenvalue weighted by molar-refractivity contribution is 6.32. The van der Waals surface area contributed by atoms with E-state index in [0.717, 1.165) is 17.7 Å². The van der Waals surface area contributed by atoms with Crippen molar-refractivity contribution in [2.75, 3.05) is 45.2 Å². The Hall–Kier alpha value is -4.40. The van der Waals surface area contributed by atoms with Gasteiger partial charge in [-0.15, -0.1) is 0 Å². The van der Waals surface area contributed by atoms with Crippen molar-refractivity contribution in [2.24, 2.45) is 0 Å². The Morgan fingerprint density at radius 3 is 2.89 bits per heavy atom. The molecule has 6 rings (SSSR count). The number of H-pyrrole nitrogens is 1. The number of nitrogens with zero attached hydrogens (tertiary/aromatic N) is 3. The Bertz CT molecular complexity index is 1740. The van der Waals surface area contributed by atoms with Gasteiger partial charge in [-0.05, 0) is 38.0 Å². The summed E-state index contributed by atoms with van der Waals surface area (Å²) >= 11 is 6.40. The molecule has 1 aromatic carbocycles. The first kappa shape index (κ1) is 30.6. The van der Waals surface area contributed by atoms with Gasteiger partial charge in [-0.3, -0.25) is 19.5 Å². The summed E-state index contributed by atoms with van der Waals surface area (Å²) in [5, 5.41) is 6.74. The minimum Gasteiger partial charge on any atom is -0.493 e. The van der Waals surface area contributed by atoms with Gasteiger partial charge in [-0.1, -0.05) is 35.6 Å². The number of pyridine rings is 1. The van der Waals surface area contributed by atoms with Crippen LogP contribution >= 0.6 is 11.6 Å². The molecule has 2 amide bonds. The number of carbonyl (C=O) groups is 2. The van der Waals surface area contributed by atoms with E-state index in [1.54, 1.807) is 40.4 Å². The lowest BCUT2D eigenvalue weighted by molar-refractivity contribution is -0.128. The van der Waals surface area contributed by atoms with Crippen molar-refractivity contribution in [2.45, 2.75) is 37.6 Å². The second-order valence-corrected chi connectivity index (χ2v) is 12.1. The molecule has 3 N–H and O–H groups in total. The number of hydrogen-bond acceptors (Lipinski definition) is 6. The summed E-state index contributed by atoms with van der Waals surface area (Å²) in [6, 6.07) is 7.18. The molecule has 0 aliphatic carbocycles. The standard InChI is InChI=1S/C33H33ClF2N6O3/c1-32(12-5-17-42(32)26(43)8-4-16-41-19-33(35,36)20-41)13-9-21-18-37-14-10-22(21)28-29(27-24(39-28)11-15-38-31(27)44)40-25-7-3-6-23(34)30(25)45-2/h3-4,6-8,10,14,18,39-40H,5,11-12,15-17,19-20H2,1-2H3,(H,38,44)/b8-4+/t32-/m1/s1. The summed E-state index contributed by atoms with van der Waals surface area (Å²) in [7, 11) is 1.53. The van der Waals surface area contributed by atoms with Crippen LogP contribution in [-0.2, 0) is 11.2 Å². The Labute approximate surface area is 265 Å². The van der Waals surface area contributed by atoms with Gasteiger partial charge in [-0.2, -0.15) is 0 Å². The number of methoxy groups -OCH3 is 1. The van der Waals surface area contributed by atoms with Gasteiger partial charge in [0.05, 0.1) is 53.4 Å². The summed E-state index contributed by atoms with van der Waals surface area (Å²) in [4.78, 5) is 37.3. The molecule has 5 heterocycles. The Morgan fingerprint density at radius 1 is 1.29 bits per heavy atom. The average molecular weight is 635 g/mol. The van der Waals surface area contributed by atoms with Crippen LogP contribution in [0, 0.1) is 11.8 Å². The zero-order valence-corrected chi connectivity index (χ0v) is 25.7. The minimum absolute atomic E-state index is 0.201. The number of fused-ring (bicyclic) bond motifs is 1. The molecule has 0 saturated carbocycles. The van der Waals surface area contributed by atoms with Crippen molar-refractivity contribution in [3.63, 3.8) is 0 Å². The molecule has 1 atom stereocenters. The largest absolute Gasteiger partial charge is 0.493 e. The number of halogens is 3. The molecule has 0 spiro atoms. The van der Waals surface area contributed by atoms with Gasteiger partial charge in [0.25, 0.3) is 11.8 Å². The van der Waals surface area contributed by atoms with Crippen molar-refractivity contribution in [3.05, 3.63) is 70.7 Å². The fraction of sp³-hybridized carbons (Fsp3) is 0.364. The van der Waals surface area contributed by atoms with Crippen LogP contribution in [0.1, 0.15) is 41.4 Å². The normalized spacial score (nSPS) is 20.6. The molecule has 2 saturated heterocycles. The maximum absolute atomic E-state index is 13.1. The highest BCUT2D eigenvalue weighted by Crippen LogP contribution is 2.41. The van der Waals surface area contributed by atoms with Crippen LogP contribution in [0.4, 0.5) is 20.2 Å². The average Bonchev–Trinajstić information content (AvgIpc) is 3.57. The van der Waals surface area contributed by atoms with Crippen molar-refractivity contribution in [3.8, 4) is 28.8 Å².